The minimum atomic E-state index is -4.50. The zero-order chi connectivity index (χ0) is 23.1. The van der Waals surface area contributed by atoms with E-state index in [1.165, 1.54) is 28.4 Å². The van der Waals surface area contributed by atoms with Crippen LogP contribution in [0.15, 0.2) is 36.4 Å². The molecule has 0 aliphatic heterocycles. The van der Waals surface area contributed by atoms with E-state index in [2.05, 4.69) is 5.92 Å². The summed E-state index contributed by atoms with van der Waals surface area (Å²) in [7, 11) is -3.07. The van der Waals surface area contributed by atoms with Crippen molar-refractivity contribution in [2.24, 2.45) is 0 Å². The molecule has 0 aromatic heterocycles. The Kier molecular flexibility index (Phi) is 8.15. The van der Waals surface area contributed by atoms with Gasteiger partial charge < -0.3 is 18.9 Å². The lowest BCUT2D eigenvalue weighted by molar-refractivity contribution is 0.386. The summed E-state index contributed by atoms with van der Waals surface area (Å²) in [4.78, 5) is 0. The van der Waals surface area contributed by atoms with Crippen molar-refractivity contribution in [2.75, 3.05) is 34.2 Å². The van der Waals surface area contributed by atoms with Crippen molar-refractivity contribution < 1.29 is 35.8 Å². The molecule has 168 valence electrons. The largest absolute Gasteiger partial charge is 0.496 e. The number of nitrogens with one attached hydrogen (secondary N) is 1. The van der Waals surface area contributed by atoms with Crippen LogP contribution in [0.4, 0.5) is 0 Å². The molecule has 0 atom stereocenters. The second kappa shape index (κ2) is 10.4. The summed E-state index contributed by atoms with van der Waals surface area (Å²) in [6.07, 6.45) is -0.0359. The first-order valence-corrected chi connectivity index (χ1v) is 12.0. The Morgan fingerprint density at radius 1 is 0.774 bits per heavy atom. The highest BCUT2D eigenvalue weighted by Crippen LogP contribution is 2.29. The average Bonchev–Trinajstić information content (AvgIpc) is 2.74. The number of sulfonamides is 2. The molecule has 0 radical (unpaired) electrons. The Bertz CT molecular complexity index is 1150. The highest BCUT2D eigenvalue weighted by atomic mass is 32.3. The van der Waals surface area contributed by atoms with Crippen LogP contribution in [0.5, 0.6) is 23.0 Å². The molecular formula is C20H23NO8S2. The third-order valence-electron chi connectivity index (χ3n) is 4.13. The minimum absolute atomic E-state index is 0.0359. The second-order valence-corrected chi connectivity index (χ2v) is 9.58. The van der Waals surface area contributed by atoms with Gasteiger partial charge in [-0.3, -0.25) is 0 Å². The van der Waals surface area contributed by atoms with E-state index >= 15 is 0 Å². The molecule has 0 heterocycles. The normalized spacial score (nSPS) is 11.2. The van der Waals surface area contributed by atoms with E-state index in [0.29, 0.717) is 17.1 Å². The highest BCUT2D eigenvalue weighted by molar-refractivity contribution is 8.07. The molecule has 11 heteroatoms. The number of benzene rings is 2. The van der Waals surface area contributed by atoms with Gasteiger partial charge >= 0.3 is 0 Å². The lowest BCUT2D eigenvalue weighted by Gasteiger charge is -2.13. The molecule has 0 aliphatic carbocycles. The Balaban J connectivity index is 2.23. The van der Waals surface area contributed by atoms with Gasteiger partial charge in [-0.2, -0.15) is 8.42 Å². The van der Waals surface area contributed by atoms with Gasteiger partial charge in [-0.05, 0) is 36.6 Å². The maximum absolute atomic E-state index is 12.4. The molecular weight excluding hydrogens is 446 g/mol. The van der Waals surface area contributed by atoms with Crippen LogP contribution in [-0.2, 0) is 26.5 Å². The number of ether oxygens (including phenoxy) is 4. The standard InChI is InChI=1S/C20H23NO8S2/c1-26-17-7-5-8-18(27-2)15(17)11-13-30(22,23)21-31(24,25)14-12-16-19(28-3)9-6-10-20(16)29-4/h5-10,21H,11,13H2,1-4H3. The van der Waals surface area contributed by atoms with Gasteiger partial charge in [0.25, 0.3) is 10.0 Å². The topological polar surface area (TPSA) is 117 Å². The van der Waals surface area contributed by atoms with E-state index in [9.17, 15) is 16.8 Å². The van der Waals surface area contributed by atoms with Gasteiger partial charge in [0, 0.05) is 5.56 Å². The summed E-state index contributed by atoms with van der Waals surface area (Å²) >= 11 is 0. The molecule has 0 unspecified atom stereocenters. The molecule has 0 bridgehead atoms. The van der Waals surface area contributed by atoms with Gasteiger partial charge in [0.1, 0.15) is 28.6 Å². The van der Waals surface area contributed by atoms with Gasteiger partial charge in [0.15, 0.2) is 0 Å². The maximum atomic E-state index is 12.4. The van der Waals surface area contributed by atoms with Crippen molar-refractivity contribution in [2.45, 2.75) is 6.42 Å². The smallest absolute Gasteiger partial charge is 0.293 e. The minimum Gasteiger partial charge on any atom is -0.496 e. The van der Waals surface area contributed by atoms with Gasteiger partial charge in [0.05, 0.1) is 39.4 Å². The van der Waals surface area contributed by atoms with E-state index in [1.807, 2.05) is 5.25 Å². The summed E-state index contributed by atoms with van der Waals surface area (Å²) in [5.41, 5.74) is 0.675. The molecule has 0 fully saturated rings. The van der Waals surface area contributed by atoms with Gasteiger partial charge in [-0.25, -0.2) is 8.42 Å². The molecule has 0 spiro atoms. The summed E-state index contributed by atoms with van der Waals surface area (Å²) in [5.74, 6) is 3.31. The molecule has 0 saturated carbocycles. The van der Waals surface area contributed by atoms with Gasteiger partial charge in [-0.1, -0.05) is 16.3 Å². The SMILES string of the molecule is COc1cccc(OC)c1C#CS(=O)(=O)NS(=O)(=O)CCc1c(OC)cccc1OC. The van der Waals surface area contributed by atoms with Crippen molar-refractivity contribution in [3.8, 4) is 34.2 Å². The van der Waals surface area contributed by atoms with E-state index in [-0.39, 0.29) is 23.5 Å². The molecule has 9 nitrogen and oxygen atoms in total. The van der Waals surface area contributed by atoms with Crippen molar-refractivity contribution >= 4 is 20.0 Å². The van der Waals surface area contributed by atoms with Crippen molar-refractivity contribution in [3.05, 3.63) is 47.5 Å². The van der Waals surface area contributed by atoms with E-state index in [4.69, 9.17) is 18.9 Å². The highest BCUT2D eigenvalue weighted by Gasteiger charge is 2.21. The Morgan fingerprint density at radius 2 is 1.23 bits per heavy atom. The third-order valence-corrected chi connectivity index (χ3v) is 7.13. The van der Waals surface area contributed by atoms with Crippen molar-refractivity contribution in [1.29, 1.82) is 0 Å². The monoisotopic (exact) mass is 469 g/mol. The zero-order valence-electron chi connectivity index (χ0n) is 17.5. The first kappa shape index (κ1) is 24.3. The Hall–Kier alpha value is -2.94. The van der Waals surface area contributed by atoms with Crippen LogP contribution in [0.2, 0.25) is 0 Å². The average molecular weight is 470 g/mol. The number of rotatable bonds is 9. The molecule has 2 aromatic rings. The molecule has 2 aromatic carbocycles. The first-order valence-electron chi connectivity index (χ1n) is 8.86. The lowest BCUT2D eigenvalue weighted by atomic mass is 10.1. The molecule has 1 N–H and O–H groups in total. The first-order chi connectivity index (χ1) is 14.7. The number of methoxy groups -OCH3 is 4. The predicted molar refractivity (Wildman–Crippen MR) is 116 cm³/mol. The molecule has 0 saturated heterocycles. The third kappa shape index (κ3) is 6.52. The Morgan fingerprint density at radius 3 is 1.68 bits per heavy atom. The van der Waals surface area contributed by atoms with Gasteiger partial charge in [-0.15, -0.1) is 0 Å². The van der Waals surface area contributed by atoms with Crippen LogP contribution in [0.1, 0.15) is 11.1 Å². The fraction of sp³-hybridized carbons (Fsp3) is 0.300. The second-order valence-electron chi connectivity index (χ2n) is 6.06. The van der Waals surface area contributed by atoms with Crippen LogP contribution in [0.3, 0.4) is 0 Å². The summed E-state index contributed by atoms with van der Waals surface area (Å²) in [5, 5.41) is 1.95. The van der Waals surface area contributed by atoms with Crippen LogP contribution in [-0.4, -0.2) is 51.0 Å². The molecule has 31 heavy (non-hydrogen) atoms. The molecule has 0 amide bonds. The number of hydrogen-bond donors (Lipinski definition) is 1. The molecule has 2 rings (SSSR count). The van der Waals surface area contributed by atoms with E-state index < -0.39 is 25.8 Å². The van der Waals surface area contributed by atoms with Crippen LogP contribution < -0.4 is 23.1 Å². The lowest BCUT2D eigenvalue weighted by Crippen LogP contribution is -2.32. The van der Waals surface area contributed by atoms with E-state index in [1.54, 1.807) is 40.5 Å². The fourth-order valence-corrected chi connectivity index (χ4v) is 5.28. The van der Waals surface area contributed by atoms with Crippen LogP contribution in [0.25, 0.3) is 0 Å². The summed E-state index contributed by atoms with van der Waals surface area (Å²) < 4.78 is 71.7. The maximum Gasteiger partial charge on any atom is 0.293 e. The number of hydrogen-bond acceptors (Lipinski definition) is 8. The fourth-order valence-electron chi connectivity index (χ4n) is 2.73. The quantitative estimate of drug-likeness (QED) is 0.550. The Labute approximate surface area is 182 Å². The van der Waals surface area contributed by atoms with Crippen LogP contribution >= 0.6 is 0 Å². The van der Waals surface area contributed by atoms with Crippen molar-refractivity contribution in [3.63, 3.8) is 0 Å². The molecule has 0 aliphatic rings. The zero-order valence-corrected chi connectivity index (χ0v) is 19.1. The van der Waals surface area contributed by atoms with E-state index in [0.717, 1.165) is 0 Å². The van der Waals surface area contributed by atoms with Gasteiger partial charge in [0.2, 0.25) is 10.0 Å². The summed E-state index contributed by atoms with van der Waals surface area (Å²) in [6.45, 7) is 0. The van der Waals surface area contributed by atoms with Crippen molar-refractivity contribution in [1.82, 2.24) is 4.13 Å². The predicted octanol–water partition coefficient (Wildman–Crippen LogP) is 1.52. The summed E-state index contributed by atoms with van der Waals surface area (Å²) in [6, 6.07) is 9.79. The van der Waals surface area contributed by atoms with Crippen LogP contribution in [0, 0.1) is 11.2 Å².